The molecule has 1 fully saturated rings. The number of hydrogen-bond donors (Lipinski definition) is 1. The SMILES string of the molecule is CCOP(=O)(Nc1ncnc2c1ncn2[C@@H]1O[C@H](CO[Si](C)(C)C(C)(C)C)[C@@H](CC(=O)OC)[C@H]1O[Si](C)(C)C(C)(C)C)OCC. The molecule has 1 aliphatic rings. The molecule has 45 heavy (non-hydrogen) atoms. The van der Waals surface area contributed by atoms with Crippen LogP contribution in [0.2, 0.25) is 36.3 Å². The summed E-state index contributed by atoms with van der Waals surface area (Å²) in [5, 5.41) is 2.70. The minimum absolute atomic E-state index is 0.0107. The first kappa shape index (κ1) is 37.7. The van der Waals surface area contributed by atoms with Gasteiger partial charge < -0.3 is 18.3 Å². The Hall–Kier alpha value is -1.72. The summed E-state index contributed by atoms with van der Waals surface area (Å²) in [4.78, 5) is 26.2. The van der Waals surface area contributed by atoms with Crippen molar-refractivity contribution in [1.82, 2.24) is 19.5 Å². The first-order valence-corrected chi connectivity index (χ1v) is 22.9. The van der Waals surface area contributed by atoms with Crippen LogP contribution in [0.1, 0.15) is 68.0 Å². The van der Waals surface area contributed by atoms with Crippen molar-refractivity contribution in [1.29, 1.82) is 0 Å². The molecular weight excluding hydrogens is 633 g/mol. The number of hydrogen-bond acceptors (Lipinski definition) is 11. The average molecular weight is 688 g/mol. The molecule has 0 aliphatic carbocycles. The van der Waals surface area contributed by atoms with Crippen LogP contribution in [0.4, 0.5) is 5.82 Å². The van der Waals surface area contributed by atoms with Crippen LogP contribution in [-0.4, -0.2) is 81.3 Å². The van der Waals surface area contributed by atoms with Crippen molar-refractivity contribution in [2.45, 2.75) is 117 Å². The Morgan fingerprint density at radius 3 is 2.13 bits per heavy atom. The van der Waals surface area contributed by atoms with Gasteiger partial charge in [0.15, 0.2) is 39.8 Å². The Kier molecular flexibility index (Phi) is 11.9. The molecule has 2 aromatic rings. The van der Waals surface area contributed by atoms with Crippen LogP contribution in [0.25, 0.3) is 11.2 Å². The number of ether oxygens (including phenoxy) is 2. The third-order valence-corrected chi connectivity index (χ3v) is 19.9. The van der Waals surface area contributed by atoms with E-state index in [0.29, 0.717) is 17.8 Å². The van der Waals surface area contributed by atoms with E-state index in [2.05, 4.69) is 87.8 Å². The van der Waals surface area contributed by atoms with E-state index in [4.69, 9.17) is 27.4 Å². The fraction of sp³-hybridized carbons (Fsp3) is 0.793. The van der Waals surface area contributed by atoms with E-state index in [1.165, 1.54) is 13.4 Å². The normalized spacial score (nSPS) is 21.8. The summed E-state index contributed by atoms with van der Waals surface area (Å²) in [7, 11) is -6.85. The summed E-state index contributed by atoms with van der Waals surface area (Å²) in [6, 6.07) is 0. The molecule has 0 unspecified atom stereocenters. The number of rotatable bonds is 14. The lowest BCUT2D eigenvalue weighted by molar-refractivity contribution is -0.143. The summed E-state index contributed by atoms with van der Waals surface area (Å²) < 4.78 is 51.6. The maximum atomic E-state index is 13.3. The Labute approximate surface area is 270 Å². The van der Waals surface area contributed by atoms with Crippen LogP contribution in [0, 0.1) is 5.92 Å². The van der Waals surface area contributed by atoms with Crippen molar-refractivity contribution in [3.05, 3.63) is 12.7 Å². The Balaban J connectivity index is 2.12. The van der Waals surface area contributed by atoms with Crippen molar-refractivity contribution in [3.8, 4) is 0 Å². The van der Waals surface area contributed by atoms with E-state index in [0.717, 1.165) is 0 Å². The van der Waals surface area contributed by atoms with Crippen LogP contribution in [0.15, 0.2) is 12.7 Å². The lowest BCUT2D eigenvalue weighted by Gasteiger charge is -2.41. The maximum absolute atomic E-state index is 13.3. The van der Waals surface area contributed by atoms with E-state index in [1.807, 2.05) is 0 Å². The maximum Gasteiger partial charge on any atom is 0.433 e. The number of nitrogens with zero attached hydrogens (tertiary/aromatic N) is 4. The van der Waals surface area contributed by atoms with Gasteiger partial charge in [-0.15, -0.1) is 0 Å². The standard InChI is InChI=1S/C29H54N5O8PSi2/c1-14-38-43(36,39-15-2)33-25-23-26(31-18-30-25)34(19-32-23)27-24(42-45(12,13)29(6,7)8)20(16-22(35)37-9)21(41-27)17-40-44(10,11)28(3,4)5/h18-21,24,27H,14-17H2,1-13H3,(H,30,31,33,36)/t20-,21-,24-,27-/m1/s1. The number of carbonyl (C=O) groups is 1. The van der Waals surface area contributed by atoms with E-state index in [-0.39, 0.29) is 47.4 Å². The smallest absolute Gasteiger partial charge is 0.433 e. The van der Waals surface area contributed by atoms with Crippen molar-refractivity contribution >= 4 is 47.3 Å². The summed E-state index contributed by atoms with van der Waals surface area (Å²) in [5.41, 5.74) is 0.793. The second-order valence-electron chi connectivity index (χ2n) is 14.4. The quantitative estimate of drug-likeness (QED) is 0.125. The highest BCUT2D eigenvalue weighted by Crippen LogP contribution is 2.49. The molecule has 0 amide bonds. The molecule has 1 aliphatic heterocycles. The molecule has 0 spiro atoms. The highest BCUT2D eigenvalue weighted by molar-refractivity contribution is 7.55. The molecule has 2 aromatic heterocycles. The van der Waals surface area contributed by atoms with Crippen LogP contribution in [-0.2, 0) is 36.7 Å². The summed E-state index contributed by atoms with van der Waals surface area (Å²) in [6.07, 6.45) is 1.35. The zero-order chi connectivity index (χ0) is 34.0. The largest absolute Gasteiger partial charge is 0.469 e. The highest BCUT2D eigenvalue weighted by atomic mass is 31.2. The van der Waals surface area contributed by atoms with Gasteiger partial charge in [-0.1, -0.05) is 41.5 Å². The number of aromatic nitrogens is 4. The topological polar surface area (TPSA) is 145 Å². The van der Waals surface area contributed by atoms with Gasteiger partial charge in [0.05, 0.1) is 51.9 Å². The second kappa shape index (κ2) is 14.2. The average Bonchev–Trinajstić information content (AvgIpc) is 3.48. The summed E-state index contributed by atoms with van der Waals surface area (Å²) >= 11 is 0. The Morgan fingerprint density at radius 1 is 1.00 bits per heavy atom. The van der Waals surface area contributed by atoms with Crippen molar-refractivity contribution in [2.24, 2.45) is 5.92 Å². The van der Waals surface area contributed by atoms with Crippen molar-refractivity contribution in [2.75, 3.05) is 32.0 Å². The Morgan fingerprint density at radius 2 is 1.60 bits per heavy atom. The van der Waals surface area contributed by atoms with E-state index in [1.54, 1.807) is 24.7 Å². The van der Waals surface area contributed by atoms with Crippen molar-refractivity contribution < 1.29 is 36.7 Å². The van der Waals surface area contributed by atoms with Gasteiger partial charge in [-0.3, -0.25) is 23.5 Å². The van der Waals surface area contributed by atoms with Gasteiger partial charge in [0.25, 0.3) is 0 Å². The molecule has 16 heteroatoms. The minimum atomic E-state index is -3.70. The lowest BCUT2D eigenvalue weighted by Crippen LogP contribution is -2.48. The third kappa shape index (κ3) is 8.61. The van der Waals surface area contributed by atoms with E-state index in [9.17, 15) is 9.36 Å². The summed E-state index contributed by atoms with van der Waals surface area (Å²) in [6.45, 7) is 25.9. The van der Waals surface area contributed by atoms with Gasteiger partial charge in [-0.05, 0) is 50.1 Å². The van der Waals surface area contributed by atoms with Gasteiger partial charge >= 0.3 is 13.7 Å². The molecule has 256 valence electrons. The first-order valence-electron chi connectivity index (χ1n) is 15.6. The van der Waals surface area contributed by atoms with Crippen LogP contribution >= 0.6 is 7.75 Å². The van der Waals surface area contributed by atoms with Crippen LogP contribution < -0.4 is 5.09 Å². The zero-order valence-corrected chi connectivity index (χ0v) is 32.2. The van der Waals surface area contributed by atoms with Gasteiger partial charge in [0.2, 0.25) is 0 Å². The number of anilines is 1. The molecule has 13 nitrogen and oxygen atoms in total. The molecule has 4 atom stereocenters. The number of imidazole rings is 1. The zero-order valence-electron chi connectivity index (χ0n) is 29.3. The minimum Gasteiger partial charge on any atom is -0.469 e. The molecule has 3 rings (SSSR count). The third-order valence-electron chi connectivity index (χ3n) is 9.25. The predicted octanol–water partition coefficient (Wildman–Crippen LogP) is 6.91. The van der Waals surface area contributed by atoms with E-state index >= 15 is 0 Å². The first-order chi connectivity index (χ1) is 20.7. The fourth-order valence-corrected chi connectivity index (χ4v) is 8.20. The van der Waals surface area contributed by atoms with Gasteiger partial charge in [-0.25, -0.2) is 19.5 Å². The number of esters is 1. The van der Waals surface area contributed by atoms with Gasteiger partial charge in [0.1, 0.15) is 6.33 Å². The fourth-order valence-electron chi connectivity index (χ4n) is 4.55. The van der Waals surface area contributed by atoms with Gasteiger partial charge in [-0.2, -0.15) is 0 Å². The van der Waals surface area contributed by atoms with Gasteiger partial charge in [0, 0.05) is 5.92 Å². The molecule has 3 heterocycles. The number of nitrogens with one attached hydrogen (secondary N) is 1. The van der Waals surface area contributed by atoms with Crippen LogP contribution in [0.5, 0.6) is 0 Å². The molecule has 0 bridgehead atoms. The molecule has 0 aromatic carbocycles. The lowest BCUT2D eigenvalue weighted by atomic mass is 9.94. The molecular formula is C29H54N5O8PSi2. The monoisotopic (exact) mass is 687 g/mol. The predicted molar refractivity (Wildman–Crippen MR) is 179 cm³/mol. The number of methoxy groups -OCH3 is 1. The second-order valence-corrected chi connectivity index (χ2v) is 25.7. The number of carbonyl (C=O) groups excluding carboxylic acids is 1. The van der Waals surface area contributed by atoms with Crippen LogP contribution in [0.3, 0.4) is 0 Å². The van der Waals surface area contributed by atoms with Crippen molar-refractivity contribution in [3.63, 3.8) is 0 Å². The molecule has 1 saturated heterocycles. The molecule has 0 saturated carbocycles. The van der Waals surface area contributed by atoms with E-state index < -0.39 is 42.8 Å². The highest BCUT2D eigenvalue weighted by Gasteiger charge is 2.52. The number of fused-ring (bicyclic) bond motifs is 1. The Bertz CT molecular complexity index is 1350. The molecule has 0 radical (unpaired) electrons. The summed E-state index contributed by atoms with van der Waals surface area (Å²) in [5.74, 6) is -0.514. The molecule has 1 N–H and O–H groups in total.